The second kappa shape index (κ2) is 14.7. The molecule has 0 fully saturated rings. The molecule has 2 atom stereocenters. The lowest BCUT2D eigenvalue weighted by atomic mass is 9.95. The summed E-state index contributed by atoms with van der Waals surface area (Å²) < 4.78 is 17.1. The highest BCUT2D eigenvalue weighted by Crippen LogP contribution is 2.50. The molecule has 0 radical (unpaired) electrons. The van der Waals surface area contributed by atoms with Crippen molar-refractivity contribution in [2.45, 2.75) is 51.6 Å². The largest absolute Gasteiger partial charge is 0.493 e. The number of benzene rings is 3. The molecule has 50 heavy (non-hydrogen) atoms. The number of aromatic amines is 1. The Morgan fingerprint density at radius 3 is 2.44 bits per heavy atom. The Hall–Kier alpha value is -5.84. The second-order valence-electron chi connectivity index (χ2n) is 12.4. The van der Waals surface area contributed by atoms with Crippen LogP contribution in [0.25, 0.3) is 22.2 Å². The Labute approximate surface area is 290 Å². The van der Waals surface area contributed by atoms with Crippen LogP contribution in [0, 0.1) is 0 Å². The topological polar surface area (TPSA) is 144 Å². The lowest BCUT2D eigenvalue weighted by Gasteiger charge is -2.19. The second-order valence-corrected chi connectivity index (χ2v) is 12.4. The number of rotatable bonds is 11. The average Bonchev–Trinajstić information content (AvgIpc) is 3.38. The number of hydrogen-bond acceptors (Lipinski definition) is 8. The first-order valence-electron chi connectivity index (χ1n) is 16.6. The first-order chi connectivity index (χ1) is 24.2. The van der Waals surface area contributed by atoms with Gasteiger partial charge in [-0.15, -0.1) is 0 Å². The minimum Gasteiger partial charge on any atom is -0.493 e. The number of H-pyrrole nitrogens is 1. The number of imidazole rings is 1. The molecule has 6 rings (SSSR count). The third kappa shape index (κ3) is 7.12. The van der Waals surface area contributed by atoms with Crippen LogP contribution < -0.4 is 35.6 Å². The van der Waals surface area contributed by atoms with Crippen LogP contribution in [0.15, 0.2) is 77.6 Å². The molecule has 11 nitrogen and oxygen atoms in total. The molecule has 4 aromatic carbocycles. The molecule has 4 N–H and O–H groups in total. The standard InChI is InChI=1S/C39H41N5O6/c1-22(39(47)42-26-13-16-30-32(20-26)44-35(43-30)18-11-24-9-7-6-8-10-24)40-31-17-14-27-28(21-33(31)46)29(41-23(2)45)15-12-25-19-34(48-3)37(49-4)38(50-5)36(25)27/h6-10,13-14,16-17,19-22,29H,11-12,15,18H2,1-5H3,(H,40,46)(H,41,45)(H,42,47)(H,43,44)/t22-,29-/m0/s1. The van der Waals surface area contributed by atoms with Gasteiger partial charge in [0.25, 0.3) is 0 Å². The van der Waals surface area contributed by atoms with E-state index in [0.717, 1.165) is 40.8 Å². The van der Waals surface area contributed by atoms with Crippen molar-refractivity contribution in [3.05, 3.63) is 106 Å². The van der Waals surface area contributed by atoms with Crippen molar-refractivity contribution in [2.75, 3.05) is 32.0 Å². The fourth-order valence-electron chi connectivity index (χ4n) is 6.54. The van der Waals surface area contributed by atoms with E-state index in [0.29, 0.717) is 46.9 Å². The summed E-state index contributed by atoms with van der Waals surface area (Å²) in [6.07, 6.45) is 2.76. The van der Waals surface area contributed by atoms with Crippen molar-refractivity contribution in [1.29, 1.82) is 0 Å². The number of hydrogen-bond donors (Lipinski definition) is 4. The molecule has 1 aliphatic carbocycles. The number of methoxy groups -OCH3 is 3. The lowest BCUT2D eigenvalue weighted by Crippen LogP contribution is -2.33. The molecule has 1 aromatic heterocycles. The van der Waals surface area contributed by atoms with E-state index in [1.54, 1.807) is 27.2 Å². The van der Waals surface area contributed by atoms with Gasteiger partial charge in [-0.3, -0.25) is 14.4 Å². The van der Waals surface area contributed by atoms with Crippen molar-refractivity contribution in [3.63, 3.8) is 0 Å². The smallest absolute Gasteiger partial charge is 0.246 e. The molecule has 0 bridgehead atoms. The summed E-state index contributed by atoms with van der Waals surface area (Å²) in [6.45, 7) is 3.15. The number of aromatic nitrogens is 2. The maximum absolute atomic E-state index is 13.7. The number of carbonyl (C=O) groups is 2. The third-order valence-corrected chi connectivity index (χ3v) is 8.97. The zero-order valence-corrected chi connectivity index (χ0v) is 28.8. The third-order valence-electron chi connectivity index (χ3n) is 8.97. The van der Waals surface area contributed by atoms with Gasteiger partial charge < -0.3 is 35.1 Å². The van der Waals surface area contributed by atoms with E-state index in [9.17, 15) is 14.4 Å². The van der Waals surface area contributed by atoms with E-state index in [-0.39, 0.29) is 22.9 Å². The van der Waals surface area contributed by atoms with Gasteiger partial charge in [0, 0.05) is 24.6 Å². The van der Waals surface area contributed by atoms with Gasteiger partial charge >= 0.3 is 0 Å². The Morgan fingerprint density at radius 1 is 0.940 bits per heavy atom. The van der Waals surface area contributed by atoms with E-state index in [1.165, 1.54) is 25.7 Å². The number of anilines is 2. The summed E-state index contributed by atoms with van der Waals surface area (Å²) in [5.41, 5.74) is 6.40. The van der Waals surface area contributed by atoms with Crippen LogP contribution in [0.4, 0.5) is 11.4 Å². The predicted molar refractivity (Wildman–Crippen MR) is 194 cm³/mol. The number of carbonyl (C=O) groups excluding carboxylic acids is 2. The zero-order valence-electron chi connectivity index (χ0n) is 28.8. The summed E-state index contributed by atoms with van der Waals surface area (Å²) in [5, 5.41) is 9.06. The molecule has 258 valence electrons. The van der Waals surface area contributed by atoms with Crippen LogP contribution in [0.5, 0.6) is 17.2 Å². The van der Waals surface area contributed by atoms with Gasteiger partial charge in [-0.1, -0.05) is 36.4 Å². The van der Waals surface area contributed by atoms with Crippen molar-refractivity contribution >= 4 is 34.2 Å². The first-order valence-corrected chi connectivity index (χ1v) is 16.6. The number of amides is 2. The maximum Gasteiger partial charge on any atom is 0.246 e. The van der Waals surface area contributed by atoms with E-state index in [2.05, 4.69) is 33.1 Å². The van der Waals surface area contributed by atoms with Gasteiger partial charge in [0.05, 0.1) is 44.1 Å². The zero-order chi connectivity index (χ0) is 35.4. The Kier molecular flexibility index (Phi) is 10.0. The molecule has 0 aliphatic heterocycles. The summed E-state index contributed by atoms with van der Waals surface area (Å²) >= 11 is 0. The molecule has 2 amide bonds. The molecule has 0 saturated carbocycles. The predicted octanol–water partition coefficient (Wildman–Crippen LogP) is 5.96. The Balaban J connectivity index is 1.26. The fourth-order valence-corrected chi connectivity index (χ4v) is 6.54. The van der Waals surface area contributed by atoms with E-state index in [4.69, 9.17) is 19.2 Å². The molecule has 0 spiro atoms. The number of fused-ring (bicyclic) bond motifs is 4. The van der Waals surface area contributed by atoms with E-state index in [1.807, 2.05) is 48.5 Å². The number of nitrogens with one attached hydrogen (secondary N) is 4. The van der Waals surface area contributed by atoms with Crippen molar-refractivity contribution in [3.8, 4) is 28.4 Å². The molecule has 0 saturated heterocycles. The molecule has 5 aromatic rings. The van der Waals surface area contributed by atoms with Crippen LogP contribution in [0.3, 0.4) is 0 Å². The first kappa shape index (κ1) is 34.0. The number of ether oxygens (including phenoxy) is 3. The van der Waals surface area contributed by atoms with Crippen molar-refractivity contribution in [2.24, 2.45) is 0 Å². The van der Waals surface area contributed by atoms with Crippen LogP contribution >= 0.6 is 0 Å². The number of nitrogens with zero attached hydrogens (tertiary/aromatic N) is 1. The molecule has 0 unspecified atom stereocenters. The van der Waals surface area contributed by atoms with E-state index < -0.39 is 12.1 Å². The average molecular weight is 676 g/mol. The highest BCUT2D eigenvalue weighted by atomic mass is 16.5. The number of aryl methyl sites for hydroxylation is 3. The Bertz CT molecular complexity index is 2110. The van der Waals surface area contributed by atoms with Crippen LogP contribution in [0.2, 0.25) is 0 Å². The van der Waals surface area contributed by atoms with Crippen molar-refractivity contribution in [1.82, 2.24) is 15.3 Å². The SMILES string of the molecule is COc1cc2c(c(OC)c1OC)-c1ccc(N[C@@H](C)C(=O)Nc3ccc4nc(CCc5ccccc5)[nH]c4c3)c(=O)cc1[C@@H](NC(C)=O)CC2. The van der Waals surface area contributed by atoms with Gasteiger partial charge in [0.15, 0.2) is 11.5 Å². The monoisotopic (exact) mass is 675 g/mol. The van der Waals surface area contributed by atoms with Crippen LogP contribution in [-0.2, 0) is 28.9 Å². The molecular formula is C39H41N5O6. The van der Waals surface area contributed by atoms with Gasteiger partial charge in [0.2, 0.25) is 23.0 Å². The highest BCUT2D eigenvalue weighted by molar-refractivity contribution is 5.97. The molecular weight excluding hydrogens is 634 g/mol. The van der Waals surface area contributed by atoms with Gasteiger partial charge in [-0.05, 0) is 84.8 Å². The molecule has 1 heterocycles. The summed E-state index contributed by atoms with van der Waals surface area (Å²) in [5.74, 6) is 1.75. The fraction of sp³-hybridized carbons (Fsp3) is 0.282. The summed E-state index contributed by atoms with van der Waals surface area (Å²) in [6, 6.07) is 21.5. The van der Waals surface area contributed by atoms with Gasteiger partial charge in [-0.25, -0.2) is 4.98 Å². The summed E-state index contributed by atoms with van der Waals surface area (Å²) in [7, 11) is 4.65. The summed E-state index contributed by atoms with van der Waals surface area (Å²) in [4.78, 5) is 47.4. The quantitative estimate of drug-likeness (QED) is 0.134. The van der Waals surface area contributed by atoms with Crippen LogP contribution in [0.1, 0.15) is 48.8 Å². The van der Waals surface area contributed by atoms with Gasteiger partial charge in [-0.2, -0.15) is 0 Å². The highest BCUT2D eigenvalue weighted by Gasteiger charge is 2.29. The van der Waals surface area contributed by atoms with E-state index >= 15 is 0 Å². The molecule has 1 aliphatic rings. The molecule has 11 heteroatoms. The normalized spacial score (nSPS) is 14.1. The van der Waals surface area contributed by atoms with Crippen molar-refractivity contribution < 1.29 is 23.8 Å². The van der Waals surface area contributed by atoms with Gasteiger partial charge in [0.1, 0.15) is 11.9 Å². The van der Waals surface area contributed by atoms with Crippen LogP contribution in [-0.4, -0.2) is 49.2 Å². The minimum absolute atomic E-state index is 0.214. The minimum atomic E-state index is -0.763. The lowest BCUT2D eigenvalue weighted by molar-refractivity contribution is -0.119. The maximum atomic E-state index is 13.7. The Morgan fingerprint density at radius 2 is 1.72 bits per heavy atom.